The van der Waals surface area contributed by atoms with E-state index >= 15 is 0 Å². The highest BCUT2D eigenvalue weighted by Crippen LogP contribution is 2.22. The van der Waals surface area contributed by atoms with Crippen LogP contribution in [-0.2, 0) is 17.8 Å². The summed E-state index contributed by atoms with van der Waals surface area (Å²) in [6.45, 7) is 0.527. The van der Waals surface area contributed by atoms with Crippen LogP contribution in [0, 0.1) is 0 Å². The van der Waals surface area contributed by atoms with E-state index in [1.165, 1.54) is 0 Å². The molecule has 0 fully saturated rings. The molecule has 0 bridgehead atoms. The molecule has 4 rings (SSSR count). The van der Waals surface area contributed by atoms with Crippen LogP contribution >= 0.6 is 0 Å². The highest BCUT2D eigenvalue weighted by molar-refractivity contribution is 5.76. The molecule has 0 aliphatic heterocycles. The maximum atomic E-state index is 12.5. The molecule has 146 valence electrons. The molecule has 29 heavy (non-hydrogen) atoms. The van der Waals surface area contributed by atoms with Gasteiger partial charge in [0.1, 0.15) is 11.5 Å². The highest BCUT2D eigenvalue weighted by atomic mass is 16.3. The third-order valence-corrected chi connectivity index (χ3v) is 4.81. The Morgan fingerprint density at radius 2 is 1.72 bits per heavy atom. The van der Waals surface area contributed by atoms with Crippen molar-refractivity contribution in [3.63, 3.8) is 0 Å². The van der Waals surface area contributed by atoms with Gasteiger partial charge < -0.3 is 9.32 Å². The van der Waals surface area contributed by atoms with E-state index in [1.54, 1.807) is 11.1 Å². The van der Waals surface area contributed by atoms with E-state index < -0.39 is 0 Å². The Morgan fingerprint density at radius 1 is 1.00 bits per heavy atom. The minimum atomic E-state index is 0.0788. The lowest BCUT2D eigenvalue weighted by Crippen LogP contribution is -2.26. The van der Waals surface area contributed by atoms with E-state index in [1.807, 2.05) is 90.7 Å². The van der Waals surface area contributed by atoms with Crippen molar-refractivity contribution in [2.45, 2.75) is 19.4 Å². The molecule has 0 saturated carbocycles. The SMILES string of the molecule is CN(Cc1cnn(-c2ccccc2)c1)C(=O)CCc1ccc(-c2ccccc2)o1. The first-order valence-electron chi connectivity index (χ1n) is 9.66. The maximum Gasteiger partial charge on any atom is 0.223 e. The Hall–Kier alpha value is -3.60. The van der Waals surface area contributed by atoms with Gasteiger partial charge >= 0.3 is 0 Å². The number of benzene rings is 2. The molecule has 0 spiro atoms. The van der Waals surface area contributed by atoms with Crippen LogP contribution in [0.2, 0.25) is 0 Å². The molecular weight excluding hydrogens is 362 g/mol. The Balaban J connectivity index is 1.31. The number of amides is 1. The molecule has 5 heteroatoms. The fourth-order valence-electron chi connectivity index (χ4n) is 3.22. The van der Waals surface area contributed by atoms with Crippen LogP contribution in [-0.4, -0.2) is 27.6 Å². The molecule has 2 aromatic heterocycles. The van der Waals surface area contributed by atoms with Crippen molar-refractivity contribution in [3.05, 3.63) is 96.5 Å². The van der Waals surface area contributed by atoms with Crippen LogP contribution in [0.4, 0.5) is 0 Å². The maximum absolute atomic E-state index is 12.5. The number of carbonyl (C=O) groups excluding carboxylic acids is 1. The zero-order valence-corrected chi connectivity index (χ0v) is 16.4. The number of furan rings is 1. The number of aryl methyl sites for hydroxylation is 1. The van der Waals surface area contributed by atoms with Gasteiger partial charge in [0.25, 0.3) is 0 Å². The predicted molar refractivity (Wildman–Crippen MR) is 113 cm³/mol. The zero-order chi connectivity index (χ0) is 20.1. The number of hydrogen-bond acceptors (Lipinski definition) is 3. The summed E-state index contributed by atoms with van der Waals surface area (Å²) in [6.07, 6.45) is 4.75. The van der Waals surface area contributed by atoms with Gasteiger partial charge in [0.15, 0.2) is 0 Å². The van der Waals surface area contributed by atoms with Crippen molar-refractivity contribution in [1.82, 2.24) is 14.7 Å². The molecule has 4 aromatic rings. The summed E-state index contributed by atoms with van der Waals surface area (Å²) in [6, 6.07) is 23.8. The van der Waals surface area contributed by atoms with Crippen molar-refractivity contribution in [1.29, 1.82) is 0 Å². The highest BCUT2D eigenvalue weighted by Gasteiger charge is 2.13. The first kappa shape index (κ1) is 18.7. The molecule has 0 N–H and O–H groups in total. The van der Waals surface area contributed by atoms with E-state index in [9.17, 15) is 4.79 Å². The zero-order valence-electron chi connectivity index (χ0n) is 16.4. The Morgan fingerprint density at radius 3 is 2.48 bits per heavy atom. The van der Waals surface area contributed by atoms with Gasteiger partial charge in [0, 0.05) is 43.8 Å². The summed E-state index contributed by atoms with van der Waals surface area (Å²) >= 11 is 0. The predicted octanol–water partition coefficient (Wildman–Crippen LogP) is 4.72. The van der Waals surface area contributed by atoms with Crippen LogP contribution in [0.3, 0.4) is 0 Å². The normalized spacial score (nSPS) is 10.8. The molecule has 0 saturated heterocycles. The summed E-state index contributed by atoms with van der Waals surface area (Å²) in [7, 11) is 1.82. The first-order chi connectivity index (χ1) is 14.2. The van der Waals surface area contributed by atoms with Crippen molar-refractivity contribution >= 4 is 5.91 Å². The molecule has 2 aromatic carbocycles. The Bertz CT molecular complexity index is 1070. The number of hydrogen-bond donors (Lipinski definition) is 0. The standard InChI is InChI=1S/C24H23N3O2/c1-26(17-19-16-25-27(18-19)21-10-6-3-7-11-21)24(28)15-13-22-12-14-23(29-22)20-8-4-2-5-9-20/h2-12,14,16,18H,13,15,17H2,1H3. The van der Waals surface area contributed by atoms with Gasteiger partial charge in [-0.25, -0.2) is 4.68 Å². The van der Waals surface area contributed by atoms with Gasteiger partial charge in [-0.15, -0.1) is 0 Å². The minimum absolute atomic E-state index is 0.0788. The molecule has 2 heterocycles. The van der Waals surface area contributed by atoms with E-state index in [2.05, 4.69) is 5.10 Å². The average molecular weight is 385 g/mol. The number of rotatable bonds is 7. The summed E-state index contributed by atoms with van der Waals surface area (Å²) in [5, 5.41) is 4.39. The lowest BCUT2D eigenvalue weighted by molar-refractivity contribution is -0.130. The second-order valence-electron chi connectivity index (χ2n) is 7.01. The average Bonchev–Trinajstić information content (AvgIpc) is 3.43. The molecular formula is C24H23N3O2. The summed E-state index contributed by atoms with van der Waals surface area (Å²) in [5.41, 5.74) is 3.03. The van der Waals surface area contributed by atoms with Crippen molar-refractivity contribution in [2.75, 3.05) is 7.05 Å². The lowest BCUT2D eigenvalue weighted by atomic mass is 10.2. The van der Waals surface area contributed by atoms with Crippen LogP contribution in [0.5, 0.6) is 0 Å². The topological polar surface area (TPSA) is 51.3 Å². The smallest absolute Gasteiger partial charge is 0.223 e. The number of carbonyl (C=O) groups is 1. The van der Waals surface area contributed by atoms with Crippen molar-refractivity contribution in [2.24, 2.45) is 0 Å². The molecule has 5 nitrogen and oxygen atoms in total. The molecule has 0 aliphatic rings. The Kier molecular flexibility index (Phi) is 5.56. The minimum Gasteiger partial charge on any atom is -0.461 e. The monoisotopic (exact) mass is 385 g/mol. The molecule has 0 radical (unpaired) electrons. The van der Waals surface area contributed by atoms with E-state index in [0.717, 1.165) is 28.3 Å². The lowest BCUT2D eigenvalue weighted by Gasteiger charge is -2.15. The number of para-hydroxylation sites is 1. The molecule has 1 amide bonds. The Labute approximate surface area is 170 Å². The van der Waals surface area contributed by atoms with Gasteiger partial charge in [-0.1, -0.05) is 48.5 Å². The van der Waals surface area contributed by atoms with Crippen LogP contribution in [0.15, 0.2) is 89.6 Å². The summed E-state index contributed by atoms with van der Waals surface area (Å²) in [4.78, 5) is 14.3. The van der Waals surface area contributed by atoms with Gasteiger partial charge in [-0.2, -0.15) is 5.10 Å². The van der Waals surface area contributed by atoms with Gasteiger partial charge in [0.05, 0.1) is 11.9 Å². The summed E-state index contributed by atoms with van der Waals surface area (Å²) < 4.78 is 7.71. The van der Waals surface area contributed by atoms with E-state index in [4.69, 9.17) is 4.42 Å². The second kappa shape index (κ2) is 8.61. The van der Waals surface area contributed by atoms with Crippen LogP contribution < -0.4 is 0 Å². The van der Waals surface area contributed by atoms with Crippen molar-refractivity contribution < 1.29 is 9.21 Å². The quantitative estimate of drug-likeness (QED) is 0.462. The van der Waals surface area contributed by atoms with Crippen molar-refractivity contribution in [3.8, 4) is 17.0 Å². The van der Waals surface area contributed by atoms with E-state index in [0.29, 0.717) is 19.4 Å². The van der Waals surface area contributed by atoms with Gasteiger partial charge in [-0.05, 0) is 24.3 Å². The number of aromatic nitrogens is 2. The first-order valence-corrected chi connectivity index (χ1v) is 9.66. The third-order valence-electron chi connectivity index (χ3n) is 4.81. The molecule has 0 aliphatic carbocycles. The van der Waals surface area contributed by atoms with E-state index in [-0.39, 0.29) is 5.91 Å². The van der Waals surface area contributed by atoms with Crippen LogP contribution in [0.25, 0.3) is 17.0 Å². The second-order valence-corrected chi connectivity index (χ2v) is 7.01. The summed E-state index contributed by atoms with van der Waals surface area (Å²) in [5.74, 6) is 1.73. The fourth-order valence-corrected chi connectivity index (χ4v) is 3.22. The number of nitrogens with zero attached hydrogens (tertiary/aromatic N) is 3. The fraction of sp³-hybridized carbons (Fsp3) is 0.167. The van der Waals surface area contributed by atoms with Crippen LogP contribution in [0.1, 0.15) is 17.7 Å². The third kappa shape index (κ3) is 4.63. The largest absolute Gasteiger partial charge is 0.461 e. The van der Waals surface area contributed by atoms with Gasteiger partial charge in [0.2, 0.25) is 5.91 Å². The molecule has 0 unspecified atom stereocenters. The van der Waals surface area contributed by atoms with Gasteiger partial charge in [-0.3, -0.25) is 4.79 Å². The molecule has 0 atom stereocenters.